The molecule has 0 aliphatic carbocycles. The average Bonchev–Trinajstić information content (AvgIpc) is 2.52. The largest absolute Gasteiger partial charge is 0.0654 e. The molecule has 0 aliphatic rings. The van der Waals surface area contributed by atoms with E-state index in [1.54, 1.807) is 0 Å². The molecule has 140 valence electrons. The highest BCUT2D eigenvalue weighted by atomic mass is 14.1. The monoisotopic (exact) mass is 324 g/mol. The summed E-state index contributed by atoms with van der Waals surface area (Å²) in [6, 6.07) is 0. The lowest BCUT2D eigenvalue weighted by molar-refractivity contribution is 0.395. The summed E-state index contributed by atoms with van der Waals surface area (Å²) in [6.07, 6.45) is 21.7. The van der Waals surface area contributed by atoms with E-state index in [1.165, 1.54) is 96.3 Å². The topological polar surface area (TPSA) is 0 Å². The van der Waals surface area contributed by atoms with Crippen molar-refractivity contribution >= 4 is 0 Å². The summed E-state index contributed by atoms with van der Waals surface area (Å²) in [5, 5.41) is 0. The summed E-state index contributed by atoms with van der Waals surface area (Å²) < 4.78 is 0. The quantitative estimate of drug-likeness (QED) is 0.234. The maximum atomic E-state index is 2.47. The van der Waals surface area contributed by atoms with Gasteiger partial charge in [0.25, 0.3) is 0 Å². The number of hydrogen-bond donors (Lipinski definition) is 0. The number of unbranched alkanes of at least 4 members (excludes halogenated alkanes) is 5. The van der Waals surface area contributed by atoms with Gasteiger partial charge in [-0.05, 0) is 17.8 Å². The molecule has 3 unspecified atom stereocenters. The minimum atomic E-state index is 0.951. The molecule has 0 radical (unpaired) electrons. The molecule has 0 aliphatic heterocycles. The third-order valence-corrected chi connectivity index (χ3v) is 5.62. The van der Waals surface area contributed by atoms with Gasteiger partial charge < -0.3 is 0 Å². The highest BCUT2D eigenvalue weighted by Crippen LogP contribution is 2.21. The van der Waals surface area contributed by atoms with Gasteiger partial charge in [-0.15, -0.1) is 0 Å². The molecule has 0 amide bonds. The van der Waals surface area contributed by atoms with Gasteiger partial charge in [-0.2, -0.15) is 0 Å². The minimum Gasteiger partial charge on any atom is -0.0654 e. The van der Waals surface area contributed by atoms with Crippen LogP contribution >= 0.6 is 0 Å². The van der Waals surface area contributed by atoms with Crippen LogP contribution in [0.3, 0.4) is 0 Å². The van der Waals surface area contributed by atoms with Crippen LogP contribution < -0.4 is 0 Å². The summed E-state index contributed by atoms with van der Waals surface area (Å²) in [7, 11) is 0. The van der Waals surface area contributed by atoms with E-state index in [0.29, 0.717) is 0 Å². The molecule has 0 heteroatoms. The summed E-state index contributed by atoms with van der Waals surface area (Å²) in [5.74, 6) is 2.87. The van der Waals surface area contributed by atoms with Gasteiger partial charge in [0.2, 0.25) is 0 Å². The van der Waals surface area contributed by atoms with E-state index in [2.05, 4.69) is 34.6 Å². The fourth-order valence-electron chi connectivity index (χ4n) is 3.81. The Morgan fingerprint density at radius 2 is 0.783 bits per heavy atom. The minimum absolute atomic E-state index is 0.951. The summed E-state index contributed by atoms with van der Waals surface area (Å²) in [5.41, 5.74) is 0. The molecule has 0 aromatic carbocycles. The molecule has 23 heavy (non-hydrogen) atoms. The first-order chi connectivity index (χ1) is 11.1. The molecule has 0 saturated carbocycles. The molecule has 0 bridgehead atoms. The molecule has 0 fully saturated rings. The zero-order chi connectivity index (χ0) is 17.3. The average molecular weight is 325 g/mol. The van der Waals surface area contributed by atoms with Crippen molar-refractivity contribution in [2.45, 2.75) is 131 Å². The van der Waals surface area contributed by atoms with E-state index in [9.17, 15) is 0 Å². The normalized spacial score (nSPS) is 15.5. The third kappa shape index (κ3) is 16.6. The van der Waals surface area contributed by atoms with Gasteiger partial charge in [-0.3, -0.25) is 0 Å². The van der Waals surface area contributed by atoms with Crippen LogP contribution in [0.4, 0.5) is 0 Å². The Balaban J connectivity index is 3.30. The zero-order valence-corrected chi connectivity index (χ0v) is 17.3. The second-order valence-corrected chi connectivity index (χ2v) is 8.52. The Bertz CT molecular complexity index is 220. The predicted molar refractivity (Wildman–Crippen MR) is 108 cm³/mol. The van der Waals surface area contributed by atoms with E-state index in [-0.39, 0.29) is 0 Å². The van der Waals surface area contributed by atoms with Crippen molar-refractivity contribution in [3.63, 3.8) is 0 Å². The van der Waals surface area contributed by atoms with Crippen LogP contribution in [0, 0.1) is 17.8 Å². The van der Waals surface area contributed by atoms with Gasteiger partial charge in [-0.25, -0.2) is 0 Å². The second kappa shape index (κ2) is 16.8. The van der Waals surface area contributed by atoms with Crippen molar-refractivity contribution in [1.82, 2.24) is 0 Å². The summed E-state index contributed by atoms with van der Waals surface area (Å²) in [6.45, 7) is 12.0. The maximum absolute atomic E-state index is 2.47. The number of hydrogen-bond acceptors (Lipinski definition) is 0. The molecule has 0 heterocycles. The van der Waals surface area contributed by atoms with Crippen LogP contribution in [0.5, 0.6) is 0 Å². The van der Waals surface area contributed by atoms with Gasteiger partial charge in [0.05, 0.1) is 0 Å². The molecule has 0 N–H and O–H groups in total. The van der Waals surface area contributed by atoms with Crippen molar-refractivity contribution in [3.8, 4) is 0 Å². The molecular weight excluding hydrogens is 276 g/mol. The molecule has 0 aromatic rings. The lowest BCUT2D eigenvalue weighted by Crippen LogP contribution is -1.99. The van der Waals surface area contributed by atoms with Gasteiger partial charge in [0.1, 0.15) is 0 Å². The maximum Gasteiger partial charge on any atom is -0.0443 e. The van der Waals surface area contributed by atoms with E-state index >= 15 is 0 Å². The molecular formula is C23H48. The van der Waals surface area contributed by atoms with E-state index in [1.807, 2.05) is 0 Å². The van der Waals surface area contributed by atoms with Crippen molar-refractivity contribution < 1.29 is 0 Å². The second-order valence-electron chi connectivity index (χ2n) is 8.52. The van der Waals surface area contributed by atoms with E-state index in [0.717, 1.165) is 17.8 Å². The molecule has 3 atom stereocenters. The molecule has 0 saturated heterocycles. The molecule has 0 nitrogen and oxygen atoms in total. The Kier molecular flexibility index (Phi) is 16.8. The van der Waals surface area contributed by atoms with Crippen LogP contribution in [0.2, 0.25) is 0 Å². The van der Waals surface area contributed by atoms with Crippen LogP contribution in [0.15, 0.2) is 0 Å². The first kappa shape index (κ1) is 23.0. The predicted octanol–water partition coefficient (Wildman–Crippen LogP) is 8.79. The molecule has 0 aromatic heterocycles. The zero-order valence-electron chi connectivity index (χ0n) is 17.3. The fraction of sp³-hybridized carbons (Fsp3) is 1.00. The standard InChI is InChI=1S/C23H48/c1-6-8-16-22(4)17-12-10-9-11-13-18-23(5)20-14-19-21(3)15-7-2/h21-23H,6-20H2,1-5H3. The first-order valence-electron chi connectivity index (χ1n) is 11.1. The molecule has 0 spiro atoms. The highest BCUT2D eigenvalue weighted by Gasteiger charge is 2.05. The summed E-state index contributed by atoms with van der Waals surface area (Å²) in [4.78, 5) is 0. The van der Waals surface area contributed by atoms with Crippen LogP contribution in [0.25, 0.3) is 0 Å². The first-order valence-corrected chi connectivity index (χ1v) is 11.1. The Morgan fingerprint density at radius 3 is 1.26 bits per heavy atom. The summed E-state index contributed by atoms with van der Waals surface area (Å²) >= 11 is 0. The van der Waals surface area contributed by atoms with Gasteiger partial charge in [0, 0.05) is 0 Å². The van der Waals surface area contributed by atoms with Gasteiger partial charge in [-0.1, -0.05) is 131 Å². The van der Waals surface area contributed by atoms with Crippen molar-refractivity contribution in [1.29, 1.82) is 0 Å². The van der Waals surface area contributed by atoms with Crippen LogP contribution in [0.1, 0.15) is 131 Å². The van der Waals surface area contributed by atoms with Gasteiger partial charge in [0.15, 0.2) is 0 Å². The lowest BCUT2D eigenvalue weighted by Gasteiger charge is -2.14. The Morgan fingerprint density at radius 1 is 0.391 bits per heavy atom. The number of rotatable bonds is 17. The SMILES string of the molecule is CCCCC(C)CCCCCCCC(C)CCCC(C)CCC. The third-order valence-electron chi connectivity index (χ3n) is 5.62. The van der Waals surface area contributed by atoms with Crippen LogP contribution in [-0.2, 0) is 0 Å². The molecule has 0 rings (SSSR count). The van der Waals surface area contributed by atoms with Crippen molar-refractivity contribution in [3.05, 3.63) is 0 Å². The Hall–Kier alpha value is 0. The smallest absolute Gasteiger partial charge is 0.0443 e. The lowest BCUT2D eigenvalue weighted by atomic mass is 9.92. The van der Waals surface area contributed by atoms with Crippen LogP contribution in [-0.4, -0.2) is 0 Å². The Labute approximate surface area is 149 Å². The van der Waals surface area contributed by atoms with Gasteiger partial charge >= 0.3 is 0 Å². The highest BCUT2D eigenvalue weighted by molar-refractivity contribution is 4.59. The van der Waals surface area contributed by atoms with Crippen molar-refractivity contribution in [2.75, 3.05) is 0 Å². The fourth-order valence-corrected chi connectivity index (χ4v) is 3.81. The van der Waals surface area contributed by atoms with E-state index in [4.69, 9.17) is 0 Å². The van der Waals surface area contributed by atoms with Crippen molar-refractivity contribution in [2.24, 2.45) is 17.8 Å². The van der Waals surface area contributed by atoms with E-state index < -0.39 is 0 Å².